The van der Waals surface area contributed by atoms with Gasteiger partial charge in [-0.1, -0.05) is 19.9 Å². The van der Waals surface area contributed by atoms with E-state index >= 15 is 0 Å². The normalized spacial score (nSPS) is 43.5. The summed E-state index contributed by atoms with van der Waals surface area (Å²) in [6.45, 7) is 8.77. The molecule has 4 aliphatic rings. The molecular weight excluding hydrogens is 416 g/mol. The molecule has 0 spiro atoms. The Kier molecular flexibility index (Phi) is 5.44. The summed E-state index contributed by atoms with van der Waals surface area (Å²) < 4.78 is 11.2. The number of Topliss-reactive ketones (excluding diaryl/α,β-unsaturated/α-hetero) is 1. The lowest BCUT2D eigenvalue weighted by Crippen LogP contribution is -2.61. The second-order valence-corrected chi connectivity index (χ2v) is 11.0. The first-order valence-electron chi connectivity index (χ1n) is 11.4. The van der Waals surface area contributed by atoms with Crippen LogP contribution in [0.4, 0.5) is 0 Å². The van der Waals surface area contributed by atoms with E-state index in [2.05, 4.69) is 19.9 Å². The van der Waals surface area contributed by atoms with Crippen molar-refractivity contribution in [2.75, 3.05) is 0 Å². The summed E-state index contributed by atoms with van der Waals surface area (Å²) in [5.41, 5.74) is -0.431. The van der Waals surface area contributed by atoms with Crippen molar-refractivity contribution in [2.45, 2.75) is 84.1 Å². The third-order valence-corrected chi connectivity index (χ3v) is 9.33. The van der Waals surface area contributed by atoms with Gasteiger partial charge in [-0.2, -0.15) is 0 Å². The molecule has 0 aromatic heterocycles. The predicted octanol–water partition coefficient (Wildman–Crippen LogP) is 5.11. The minimum atomic E-state index is -1.08. The van der Waals surface area contributed by atoms with Crippen LogP contribution in [0, 0.1) is 28.6 Å². The standard InChI is InChI=1S/C25H33ClO5/c1-14(27)25(31-16(3)29)11-9-20-19-7-6-17-12-18(30-15(2)28)8-10-23(17,4)22(19)21(26)13-24(20,25)5/h6,12,19-22H,7-11,13H2,1-5H3/t19-,20-,21?,22+,23-,24-,25-/m0/s1. The molecule has 0 aliphatic heterocycles. The maximum atomic E-state index is 12.9. The maximum absolute atomic E-state index is 12.9. The van der Waals surface area contributed by atoms with Gasteiger partial charge >= 0.3 is 11.9 Å². The van der Waals surface area contributed by atoms with Gasteiger partial charge < -0.3 is 9.47 Å². The highest BCUT2D eigenvalue weighted by molar-refractivity contribution is 6.21. The number of fused-ring (bicyclic) bond motifs is 5. The zero-order chi connectivity index (χ0) is 22.8. The van der Waals surface area contributed by atoms with Gasteiger partial charge in [-0.15, -0.1) is 11.6 Å². The fraction of sp³-hybridized carbons (Fsp3) is 0.720. The van der Waals surface area contributed by atoms with Crippen LogP contribution in [0.5, 0.6) is 0 Å². The van der Waals surface area contributed by atoms with Crippen molar-refractivity contribution in [3.63, 3.8) is 0 Å². The molecule has 0 saturated heterocycles. The topological polar surface area (TPSA) is 69.7 Å². The van der Waals surface area contributed by atoms with Crippen molar-refractivity contribution < 1.29 is 23.9 Å². The Hall–Kier alpha value is -1.62. The van der Waals surface area contributed by atoms with Gasteiger partial charge in [0.2, 0.25) is 0 Å². The number of ketones is 1. The Morgan fingerprint density at radius 2 is 1.81 bits per heavy atom. The Bertz CT molecular complexity index is 890. The lowest BCUT2D eigenvalue weighted by Gasteiger charge is -2.59. The maximum Gasteiger partial charge on any atom is 0.307 e. The van der Waals surface area contributed by atoms with E-state index in [9.17, 15) is 14.4 Å². The minimum absolute atomic E-state index is 0.0695. The number of alkyl halides is 1. The third kappa shape index (κ3) is 3.21. The Labute approximate surface area is 189 Å². The number of allylic oxidation sites excluding steroid dienone is 4. The van der Waals surface area contributed by atoms with Crippen LogP contribution in [0.15, 0.2) is 23.5 Å². The molecule has 1 unspecified atom stereocenters. The van der Waals surface area contributed by atoms with Gasteiger partial charge in [-0.05, 0) is 73.8 Å². The molecule has 6 heteroatoms. The Morgan fingerprint density at radius 1 is 1.10 bits per heavy atom. The van der Waals surface area contributed by atoms with Crippen molar-refractivity contribution in [3.8, 4) is 0 Å². The van der Waals surface area contributed by atoms with Crippen molar-refractivity contribution in [1.82, 2.24) is 0 Å². The Morgan fingerprint density at radius 3 is 2.42 bits per heavy atom. The molecular formula is C25H33ClO5. The monoisotopic (exact) mass is 448 g/mol. The first-order valence-corrected chi connectivity index (χ1v) is 11.8. The van der Waals surface area contributed by atoms with Crippen LogP contribution in [0.3, 0.4) is 0 Å². The van der Waals surface area contributed by atoms with E-state index in [4.69, 9.17) is 21.1 Å². The Balaban J connectivity index is 1.72. The average molecular weight is 449 g/mol. The van der Waals surface area contributed by atoms with Crippen LogP contribution in [0.25, 0.3) is 0 Å². The number of carbonyl (C=O) groups excluding carboxylic acids is 3. The summed E-state index contributed by atoms with van der Waals surface area (Å²) in [4.78, 5) is 36.3. The lowest BCUT2D eigenvalue weighted by atomic mass is 9.47. The van der Waals surface area contributed by atoms with E-state index in [1.807, 2.05) is 6.08 Å². The molecule has 7 atom stereocenters. The lowest BCUT2D eigenvalue weighted by molar-refractivity contribution is -0.186. The van der Waals surface area contributed by atoms with E-state index in [0.717, 1.165) is 25.0 Å². The average Bonchev–Trinajstić information content (AvgIpc) is 2.93. The van der Waals surface area contributed by atoms with Crippen molar-refractivity contribution in [1.29, 1.82) is 0 Å². The number of hydrogen-bond acceptors (Lipinski definition) is 5. The van der Waals surface area contributed by atoms with Gasteiger partial charge in [-0.3, -0.25) is 14.4 Å². The van der Waals surface area contributed by atoms with Crippen molar-refractivity contribution in [2.24, 2.45) is 28.6 Å². The number of rotatable bonds is 3. The molecule has 0 aromatic rings. The van der Waals surface area contributed by atoms with Gasteiger partial charge in [0.15, 0.2) is 11.4 Å². The molecule has 0 N–H and O–H groups in total. The van der Waals surface area contributed by atoms with Crippen LogP contribution in [0.2, 0.25) is 0 Å². The van der Waals surface area contributed by atoms with E-state index in [-0.39, 0.29) is 34.4 Å². The summed E-state index contributed by atoms with van der Waals surface area (Å²) in [5.74, 6) is 0.832. The molecule has 0 amide bonds. The molecule has 2 saturated carbocycles. The SMILES string of the molecule is CC(=O)OC1=CC2=CC[C@@H]3[C@H](C(Cl)C[C@@]4(C)[C@H]3CC[C@]4(OC(C)=O)C(C)=O)[C@@]2(C)CC1. The molecule has 170 valence electrons. The van der Waals surface area contributed by atoms with E-state index in [1.165, 1.54) is 19.4 Å². The number of halogens is 1. The summed E-state index contributed by atoms with van der Waals surface area (Å²) in [5, 5.41) is -0.129. The largest absolute Gasteiger partial charge is 0.451 e. The molecule has 0 bridgehead atoms. The number of esters is 2. The van der Waals surface area contributed by atoms with E-state index < -0.39 is 17.0 Å². The summed E-state index contributed by atoms with van der Waals surface area (Å²) >= 11 is 7.16. The van der Waals surface area contributed by atoms with E-state index in [1.54, 1.807) is 6.92 Å². The molecule has 2 fully saturated rings. The smallest absolute Gasteiger partial charge is 0.307 e. The fourth-order valence-electron chi connectivity index (χ4n) is 7.68. The highest BCUT2D eigenvalue weighted by Crippen LogP contribution is 2.68. The molecule has 4 aliphatic carbocycles. The van der Waals surface area contributed by atoms with Gasteiger partial charge in [-0.25, -0.2) is 0 Å². The molecule has 0 heterocycles. The highest BCUT2D eigenvalue weighted by Gasteiger charge is 2.69. The zero-order valence-corrected chi connectivity index (χ0v) is 19.9. The predicted molar refractivity (Wildman–Crippen MR) is 117 cm³/mol. The number of carbonyl (C=O) groups is 3. The van der Waals surface area contributed by atoms with Gasteiger partial charge in [0.1, 0.15) is 5.76 Å². The molecule has 0 aromatic carbocycles. The van der Waals surface area contributed by atoms with Crippen molar-refractivity contribution >= 4 is 29.3 Å². The number of ether oxygens (including phenoxy) is 2. The minimum Gasteiger partial charge on any atom is -0.451 e. The van der Waals surface area contributed by atoms with E-state index in [0.29, 0.717) is 25.2 Å². The fourth-order valence-corrected chi connectivity index (χ4v) is 8.46. The summed E-state index contributed by atoms with van der Waals surface area (Å²) in [6, 6.07) is 0. The highest BCUT2D eigenvalue weighted by atomic mass is 35.5. The van der Waals surface area contributed by atoms with Gasteiger partial charge in [0, 0.05) is 31.1 Å². The first kappa shape index (κ1) is 22.6. The van der Waals surface area contributed by atoms with Gasteiger partial charge in [0.25, 0.3) is 0 Å². The van der Waals surface area contributed by atoms with Crippen LogP contribution in [0.1, 0.15) is 73.1 Å². The third-order valence-electron chi connectivity index (χ3n) is 8.91. The van der Waals surface area contributed by atoms with Crippen molar-refractivity contribution in [3.05, 3.63) is 23.5 Å². The molecule has 4 rings (SSSR count). The molecule has 31 heavy (non-hydrogen) atoms. The summed E-state index contributed by atoms with van der Waals surface area (Å²) in [6.07, 6.45) is 8.86. The first-order chi connectivity index (χ1) is 14.4. The molecule has 5 nitrogen and oxygen atoms in total. The van der Waals surface area contributed by atoms with Crippen LogP contribution < -0.4 is 0 Å². The summed E-state index contributed by atoms with van der Waals surface area (Å²) in [7, 11) is 0. The van der Waals surface area contributed by atoms with Crippen LogP contribution in [-0.4, -0.2) is 28.7 Å². The van der Waals surface area contributed by atoms with Crippen LogP contribution >= 0.6 is 11.6 Å². The zero-order valence-electron chi connectivity index (χ0n) is 19.1. The molecule has 0 radical (unpaired) electrons. The second kappa shape index (κ2) is 7.47. The number of hydrogen-bond donors (Lipinski definition) is 0. The second-order valence-electron chi connectivity index (χ2n) is 10.5. The van der Waals surface area contributed by atoms with Gasteiger partial charge in [0.05, 0.1) is 0 Å². The van der Waals surface area contributed by atoms with Crippen LogP contribution in [-0.2, 0) is 23.9 Å². The quantitative estimate of drug-likeness (QED) is 0.443.